The second kappa shape index (κ2) is 12.9. The zero-order chi connectivity index (χ0) is 26.2. The van der Waals surface area contributed by atoms with E-state index in [1.54, 1.807) is 0 Å². The Balaban J connectivity index is 2.53. The summed E-state index contributed by atoms with van der Waals surface area (Å²) >= 11 is 0. The molecule has 0 N–H and O–H groups in total. The fourth-order valence-electron chi connectivity index (χ4n) is 5.64. The molecule has 4 heteroatoms. The maximum Gasteiger partial charge on any atom is 0.0863 e. The molecule has 0 saturated heterocycles. The highest BCUT2D eigenvalue weighted by atomic mass is 15.3. The maximum atomic E-state index is 2.39. The van der Waals surface area contributed by atoms with E-state index in [1.807, 2.05) is 0 Å². The van der Waals surface area contributed by atoms with Crippen molar-refractivity contribution < 1.29 is 17.9 Å². The molecule has 4 nitrogen and oxygen atoms in total. The van der Waals surface area contributed by atoms with E-state index in [9.17, 15) is 0 Å². The molecule has 1 aromatic rings. The molecule has 0 aliphatic rings. The number of quaternary nitrogens is 4. The average molecular weight is 479 g/mol. The van der Waals surface area contributed by atoms with Gasteiger partial charge in [0.1, 0.15) is 0 Å². The zero-order valence-electron chi connectivity index (χ0n) is 25.3. The summed E-state index contributed by atoms with van der Waals surface area (Å²) in [6.07, 6.45) is 7.66. The van der Waals surface area contributed by atoms with Crippen molar-refractivity contribution in [3.05, 3.63) is 35.4 Å². The quantitative estimate of drug-likeness (QED) is 0.309. The number of benzene rings is 1. The highest BCUT2D eigenvalue weighted by Crippen LogP contribution is 2.19. The minimum atomic E-state index is 0.783. The largest absolute Gasteiger partial charge is 0.330 e. The van der Waals surface area contributed by atoms with Gasteiger partial charge in [0.25, 0.3) is 0 Å². The first-order chi connectivity index (χ1) is 15.3. The summed E-state index contributed by atoms with van der Waals surface area (Å²) in [4.78, 5) is 0. The summed E-state index contributed by atoms with van der Waals surface area (Å²) in [5.41, 5.74) is 3.01. The highest BCUT2D eigenvalue weighted by Gasteiger charge is 2.25. The van der Waals surface area contributed by atoms with Crippen molar-refractivity contribution in [3.63, 3.8) is 0 Å². The Morgan fingerprint density at radius 3 is 0.882 bits per heavy atom. The molecule has 0 amide bonds. The van der Waals surface area contributed by atoms with Crippen LogP contribution in [0.5, 0.6) is 0 Å². The van der Waals surface area contributed by atoms with Crippen molar-refractivity contribution in [2.24, 2.45) is 11.8 Å². The van der Waals surface area contributed by atoms with Crippen molar-refractivity contribution in [1.29, 1.82) is 0 Å². The normalized spacial score (nSPS) is 13.8. The van der Waals surface area contributed by atoms with Gasteiger partial charge in [0.05, 0.1) is 123 Å². The van der Waals surface area contributed by atoms with Crippen LogP contribution in [0.1, 0.15) is 36.8 Å². The monoisotopic (exact) mass is 478 g/mol. The Hall–Kier alpha value is -0.940. The molecule has 0 heterocycles. The molecule has 0 radical (unpaired) electrons. The number of nitrogens with zero attached hydrogens (tertiary/aromatic N) is 4. The predicted molar refractivity (Wildman–Crippen MR) is 151 cm³/mol. The number of rotatable bonds is 16. The van der Waals surface area contributed by atoms with Crippen LogP contribution in [0.4, 0.5) is 0 Å². The first-order valence-corrected chi connectivity index (χ1v) is 13.6. The topological polar surface area (TPSA) is 0 Å². The predicted octanol–water partition coefficient (Wildman–Crippen LogP) is 4.39. The first kappa shape index (κ1) is 31.1. The molecule has 0 aliphatic heterocycles. The second-order valence-corrected chi connectivity index (χ2v) is 15.2. The Morgan fingerprint density at radius 2 is 0.676 bits per heavy atom. The molecule has 0 spiro atoms. The molecular formula is C30H62N4+4. The fraction of sp³-hybridized carbons (Fsp3) is 0.800. The third kappa shape index (κ3) is 16.6. The van der Waals surface area contributed by atoms with Gasteiger partial charge in [0.2, 0.25) is 0 Å². The Morgan fingerprint density at radius 1 is 0.441 bits per heavy atom. The van der Waals surface area contributed by atoms with Gasteiger partial charge in [-0.25, -0.2) is 0 Å². The summed E-state index contributed by atoms with van der Waals surface area (Å²) in [6, 6.07) is 9.55. The van der Waals surface area contributed by atoms with Crippen LogP contribution >= 0.6 is 0 Å². The summed E-state index contributed by atoms with van der Waals surface area (Å²) in [5.74, 6) is 1.57. The molecular weight excluding hydrogens is 416 g/mol. The van der Waals surface area contributed by atoms with E-state index in [1.165, 1.54) is 75.8 Å². The van der Waals surface area contributed by atoms with E-state index < -0.39 is 0 Å². The standard InChI is InChI=1S/C30H62N4/c1-31(2,3)23-29(24-32(4,5)6)17-13-15-27-19-21-28(22-20-27)16-14-18-30(25-33(7,8)9)26-34(10,11)12/h19-22,29-30H,13-18,23-26H2,1-12H3/q+4. The second-order valence-electron chi connectivity index (χ2n) is 15.2. The van der Waals surface area contributed by atoms with E-state index >= 15 is 0 Å². The van der Waals surface area contributed by atoms with Crippen molar-refractivity contribution in [1.82, 2.24) is 0 Å². The molecule has 1 rings (SSSR count). The van der Waals surface area contributed by atoms with Gasteiger partial charge < -0.3 is 17.9 Å². The molecule has 0 unspecified atom stereocenters. The average Bonchev–Trinajstić information content (AvgIpc) is 2.57. The van der Waals surface area contributed by atoms with Gasteiger partial charge >= 0.3 is 0 Å². The van der Waals surface area contributed by atoms with Crippen LogP contribution in [0.15, 0.2) is 24.3 Å². The van der Waals surface area contributed by atoms with Crippen molar-refractivity contribution in [2.75, 3.05) is 111 Å². The lowest BCUT2D eigenvalue weighted by atomic mass is 9.95. The molecule has 0 saturated carbocycles. The summed E-state index contributed by atoms with van der Waals surface area (Å²) in [7, 11) is 27.9. The lowest BCUT2D eigenvalue weighted by Crippen LogP contribution is -2.46. The van der Waals surface area contributed by atoms with E-state index in [0.717, 1.165) is 29.8 Å². The van der Waals surface area contributed by atoms with Crippen molar-refractivity contribution in [2.45, 2.75) is 38.5 Å². The molecule has 0 aliphatic carbocycles. The fourth-order valence-corrected chi connectivity index (χ4v) is 5.64. The van der Waals surface area contributed by atoms with E-state index in [-0.39, 0.29) is 0 Å². The van der Waals surface area contributed by atoms with Crippen LogP contribution in [0, 0.1) is 11.8 Å². The van der Waals surface area contributed by atoms with Gasteiger partial charge in [-0.15, -0.1) is 0 Å². The van der Waals surface area contributed by atoms with E-state index in [0.29, 0.717) is 0 Å². The van der Waals surface area contributed by atoms with Gasteiger partial charge in [-0.1, -0.05) is 24.3 Å². The van der Waals surface area contributed by atoms with Crippen LogP contribution in [-0.2, 0) is 12.8 Å². The van der Waals surface area contributed by atoms with Crippen LogP contribution in [0.25, 0.3) is 0 Å². The molecule has 0 fully saturated rings. The Bertz CT molecular complexity index is 588. The summed E-state index contributed by atoms with van der Waals surface area (Å²) in [5, 5.41) is 0. The molecule has 0 bridgehead atoms. The van der Waals surface area contributed by atoms with Gasteiger partial charge in [-0.2, -0.15) is 0 Å². The third-order valence-electron chi connectivity index (χ3n) is 6.40. The summed E-state index contributed by atoms with van der Waals surface area (Å²) in [6.45, 7) is 5.05. The van der Waals surface area contributed by atoms with Gasteiger partial charge in [0.15, 0.2) is 0 Å². The summed E-state index contributed by atoms with van der Waals surface area (Å²) < 4.78 is 4.24. The highest BCUT2D eigenvalue weighted by molar-refractivity contribution is 5.22. The maximum absolute atomic E-state index is 2.39. The van der Waals surface area contributed by atoms with E-state index in [2.05, 4.69) is 109 Å². The zero-order valence-corrected chi connectivity index (χ0v) is 25.3. The lowest BCUT2D eigenvalue weighted by molar-refractivity contribution is -0.896. The minimum absolute atomic E-state index is 0.783. The van der Waals surface area contributed by atoms with Gasteiger partial charge in [-0.3, -0.25) is 0 Å². The lowest BCUT2D eigenvalue weighted by Gasteiger charge is -2.34. The van der Waals surface area contributed by atoms with E-state index in [4.69, 9.17) is 0 Å². The molecule has 1 aromatic carbocycles. The first-order valence-electron chi connectivity index (χ1n) is 13.6. The van der Waals surface area contributed by atoms with Crippen molar-refractivity contribution in [3.8, 4) is 0 Å². The number of aryl methyl sites for hydroxylation is 2. The number of hydrogen-bond donors (Lipinski definition) is 0. The number of hydrogen-bond acceptors (Lipinski definition) is 0. The molecule has 34 heavy (non-hydrogen) atoms. The van der Waals surface area contributed by atoms with Crippen LogP contribution in [-0.4, -0.2) is 129 Å². The van der Waals surface area contributed by atoms with Gasteiger partial charge in [-0.05, 0) is 49.7 Å². The molecule has 0 aromatic heterocycles. The van der Waals surface area contributed by atoms with Crippen molar-refractivity contribution >= 4 is 0 Å². The molecule has 198 valence electrons. The smallest absolute Gasteiger partial charge is 0.0863 e. The van der Waals surface area contributed by atoms with Crippen LogP contribution in [0.2, 0.25) is 0 Å². The Labute approximate surface area is 214 Å². The molecule has 0 atom stereocenters. The van der Waals surface area contributed by atoms with Crippen LogP contribution in [0.3, 0.4) is 0 Å². The SMILES string of the molecule is C[N+](C)(C)CC(CCCc1ccc(CCCC(C[N+](C)(C)C)C[N+](C)(C)C)cc1)C[N+](C)(C)C. The van der Waals surface area contributed by atoms with Gasteiger partial charge in [0, 0.05) is 0 Å². The van der Waals surface area contributed by atoms with Crippen LogP contribution < -0.4 is 0 Å². The Kier molecular flexibility index (Phi) is 11.8. The third-order valence-corrected chi connectivity index (χ3v) is 6.40. The minimum Gasteiger partial charge on any atom is -0.330 e.